The Morgan fingerprint density at radius 2 is 1.96 bits per heavy atom. The molecule has 0 amide bonds. The molecule has 0 fully saturated rings. The van der Waals surface area contributed by atoms with Crippen LogP contribution in [0.25, 0.3) is 16.0 Å². The van der Waals surface area contributed by atoms with E-state index in [2.05, 4.69) is 0 Å². The van der Waals surface area contributed by atoms with Gasteiger partial charge in [-0.3, -0.25) is 5.41 Å². The number of rotatable bonds is 8. The molecule has 0 aliphatic rings. The SMILES string of the molecule is N=C(N)SCCCCC(=CC(=O)O)c1ccc(-c2ccc(F)cc2)s1. The largest absolute Gasteiger partial charge is 0.478 e. The third-order valence-corrected chi connectivity index (χ3v) is 5.46. The van der Waals surface area contributed by atoms with E-state index in [-0.39, 0.29) is 11.0 Å². The average molecular weight is 378 g/mol. The first-order chi connectivity index (χ1) is 12.0. The minimum Gasteiger partial charge on any atom is -0.478 e. The summed E-state index contributed by atoms with van der Waals surface area (Å²) >= 11 is 2.79. The van der Waals surface area contributed by atoms with Gasteiger partial charge in [0.15, 0.2) is 5.17 Å². The molecule has 0 atom stereocenters. The third-order valence-electron chi connectivity index (χ3n) is 3.45. The number of allylic oxidation sites excluding steroid dienone is 1. The fourth-order valence-corrected chi connectivity index (χ4v) is 3.92. The van der Waals surface area contributed by atoms with Crippen LogP contribution >= 0.6 is 23.1 Å². The summed E-state index contributed by atoms with van der Waals surface area (Å²) in [6.07, 6.45) is 3.58. The van der Waals surface area contributed by atoms with Gasteiger partial charge in [0, 0.05) is 21.6 Å². The zero-order chi connectivity index (χ0) is 18.2. The number of halogens is 1. The number of nitrogens with one attached hydrogen (secondary N) is 1. The molecule has 0 aliphatic carbocycles. The number of hydrogen-bond acceptors (Lipinski definition) is 4. The van der Waals surface area contributed by atoms with Crippen molar-refractivity contribution >= 4 is 39.8 Å². The van der Waals surface area contributed by atoms with E-state index in [0.29, 0.717) is 6.42 Å². The number of carboxylic acids is 1. The van der Waals surface area contributed by atoms with Crippen LogP contribution in [0, 0.1) is 11.2 Å². The summed E-state index contributed by atoms with van der Waals surface area (Å²) in [7, 11) is 0. The lowest BCUT2D eigenvalue weighted by molar-refractivity contribution is -0.131. The Hall–Kier alpha value is -2.12. The second-order valence-electron chi connectivity index (χ2n) is 5.35. The van der Waals surface area contributed by atoms with Gasteiger partial charge in [-0.15, -0.1) is 11.3 Å². The van der Waals surface area contributed by atoms with Gasteiger partial charge in [0.05, 0.1) is 0 Å². The third kappa shape index (κ3) is 6.36. The molecule has 2 aromatic rings. The summed E-state index contributed by atoms with van der Waals surface area (Å²) < 4.78 is 13.0. The fourth-order valence-electron chi connectivity index (χ4n) is 2.29. The van der Waals surface area contributed by atoms with Crippen LogP contribution in [0.1, 0.15) is 24.1 Å². The molecule has 7 heteroatoms. The summed E-state index contributed by atoms with van der Waals surface area (Å²) in [5, 5.41) is 16.4. The lowest BCUT2D eigenvalue weighted by Crippen LogP contribution is -2.04. The molecule has 25 heavy (non-hydrogen) atoms. The Kier molecular flexibility index (Phi) is 7.21. The molecular weight excluding hydrogens is 359 g/mol. The molecule has 0 saturated heterocycles. The van der Waals surface area contributed by atoms with Gasteiger partial charge in [-0.05, 0) is 54.7 Å². The molecule has 0 radical (unpaired) electrons. The molecule has 1 aromatic carbocycles. The molecule has 0 spiro atoms. The minimum absolute atomic E-state index is 0.100. The van der Waals surface area contributed by atoms with Crippen molar-refractivity contribution in [3.05, 3.63) is 53.2 Å². The standard InChI is InChI=1S/C18H19FN2O2S2/c19-14-6-4-12(5-7-14)15-8-9-16(25-15)13(11-17(22)23)3-1-2-10-24-18(20)21/h4-9,11H,1-3,10H2,(H3,20,21)(H,22,23). The summed E-state index contributed by atoms with van der Waals surface area (Å²) in [4.78, 5) is 13.0. The minimum atomic E-state index is -0.968. The number of thioether (sulfide) groups is 1. The molecular formula is C18H19FN2O2S2. The van der Waals surface area contributed by atoms with Crippen molar-refractivity contribution in [3.8, 4) is 10.4 Å². The monoisotopic (exact) mass is 378 g/mol. The zero-order valence-corrected chi connectivity index (χ0v) is 15.1. The van der Waals surface area contributed by atoms with Crippen molar-refractivity contribution in [2.45, 2.75) is 19.3 Å². The average Bonchev–Trinajstić information content (AvgIpc) is 3.03. The van der Waals surface area contributed by atoms with E-state index in [1.807, 2.05) is 12.1 Å². The number of hydrogen-bond donors (Lipinski definition) is 3. The predicted molar refractivity (Wildman–Crippen MR) is 104 cm³/mol. The van der Waals surface area contributed by atoms with Crippen LogP contribution in [0.4, 0.5) is 4.39 Å². The molecule has 0 bridgehead atoms. The first kappa shape index (κ1) is 19.2. The van der Waals surface area contributed by atoms with Crippen LogP contribution < -0.4 is 5.73 Å². The number of amidine groups is 1. The maximum Gasteiger partial charge on any atom is 0.328 e. The van der Waals surface area contributed by atoms with Gasteiger partial charge in [-0.1, -0.05) is 23.9 Å². The first-order valence-corrected chi connectivity index (χ1v) is 9.52. The lowest BCUT2D eigenvalue weighted by atomic mass is 10.1. The van der Waals surface area contributed by atoms with E-state index < -0.39 is 5.97 Å². The quantitative estimate of drug-likeness (QED) is 0.266. The highest BCUT2D eigenvalue weighted by Gasteiger charge is 2.09. The highest BCUT2D eigenvalue weighted by atomic mass is 32.2. The van der Waals surface area contributed by atoms with Gasteiger partial charge in [0.1, 0.15) is 5.82 Å². The normalized spacial score (nSPS) is 11.5. The molecule has 1 heterocycles. The Balaban J connectivity index is 2.07. The highest BCUT2D eigenvalue weighted by molar-refractivity contribution is 8.13. The molecule has 4 N–H and O–H groups in total. The van der Waals surface area contributed by atoms with E-state index in [0.717, 1.165) is 39.5 Å². The van der Waals surface area contributed by atoms with Crippen molar-refractivity contribution in [1.29, 1.82) is 5.41 Å². The Morgan fingerprint density at radius 1 is 1.24 bits per heavy atom. The molecule has 2 rings (SSSR count). The predicted octanol–water partition coefficient (Wildman–Crippen LogP) is 4.82. The Morgan fingerprint density at radius 3 is 2.60 bits per heavy atom. The molecule has 1 aromatic heterocycles. The second kappa shape index (κ2) is 9.39. The molecule has 0 unspecified atom stereocenters. The van der Waals surface area contributed by atoms with E-state index >= 15 is 0 Å². The van der Waals surface area contributed by atoms with Crippen LogP contribution in [0.15, 0.2) is 42.5 Å². The van der Waals surface area contributed by atoms with Crippen molar-refractivity contribution < 1.29 is 14.3 Å². The smallest absolute Gasteiger partial charge is 0.328 e. The van der Waals surface area contributed by atoms with Gasteiger partial charge >= 0.3 is 5.97 Å². The maximum absolute atomic E-state index is 13.0. The summed E-state index contributed by atoms with van der Waals surface area (Å²) in [5.74, 6) is -0.499. The topological polar surface area (TPSA) is 87.2 Å². The van der Waals surface area contributed by atoms with Crippen LogP contribution in [0.3, 0.4) is 0 Å². The zero-order valence-electron chi connectivity index (χ0n) is 13.5. The summed E-state index contributed by atoms with van der Waals surface area (Å²) in [6.45, 7) is 0. The lowest BCUT2D eigenvalue weighted by Gasteiger charge is -2.05. The van der Waals surface area contributed by atoms with Crippen molar-refractivity contribution in [1.82, 2.24) is 0 Å². The Labute approximate surface area is 154 Å². The van der Waals surface area contributed by atoms with E-state index in [4.69, 9.17) is 16.2 Å². The Bertz CT molecular complexity index is 770. The summed E-state index contributed by atoms with van der Waals surface area (Å²) in [6, 6.07) is 10.1. The molecule has 4 nitrogen and oxygen atoms in total. The van der Waals surface area contributed by atoms with E-state index in [1.54, 1.807) is 12.1 Å². The summed E-state index contributed by atoms with van der Waals surface area (Å²) in [5.41, 5.74) is 6.98. The number of nitrogens with two attached hydrogens (primary N) is 1. The van der Waals surface area contributed by atoms with Crippen molar-refractivity contribution in [3.63, 3.8) is 0 Å². The van der Waals surface area contributed by atoms with Gasteiger partial charge in [0.2, 0.25) is 0 Å². The number of thiophene rings is 1. The number of carboxylic acid groups (broad SMARTS) is 1. The molecule has 0 saturated carbocycles. The van der Waals surface area contributed by atoms with E-state index in [1.165, 1.54) is 41.3 Å². The van der Waals surface area contributed by atoms with Crippen LogP contribution in [-0.2, 0) is 4.79 Å². The first-order valence-electron chi connectivity index (χ1n) is 7.72. The van der Waals surface area contributed by atoms with Crippen molar-refractivity contribution in [2.75, 3.05) is 5.75 Å². The number of benzene rings is 1. The number of unbranched alkanes of at least 4 members (excludes halogenated alkanes) is 1. The van der Waals surface area contributed by atoms with Gasteiger partial charge in [-0.25, -0.2) is 9.18 Å². The van der Waals surface area contributed by atoms with Gasteiger partial charge < -0.3 is 10.8 Å². The highest BCUT2D eigenvalue weighted by Crippen LogP contribution is 2.34. The van der Waals surface area contributed by atoms with Crippen molar-refractivity contribution in [2.24, 2.45) is 5.73 Å². The number of carbonyl (C=O) groups is 1. The van der Waals surface area contributed by atoms with Gasteiger partial charge in [-0.2, -0.15) is 0 Å². The number of aliphatic carboxylic acids is 1. The van der Waals surface area contributed by atoms with Crippen LogP contribution in [-0.4, -0.2) is 22.0 Å². The fraction of sp³-hybridized carbons (Fsp3) is 0.222. The maximum atomic E-state index is 13.0. The molecule has 0 aliphatic heterocycles. The van der Waals surface area contributed by atoms with Crippen LogP contribution in [0.2, 0.25) is 0 Å². The molecule has 132 valence electrons. The second-order valence-corrected chi connectivity index (χ2v) is 7.57. The van der Waals surface area contributed by atoms with Crippen LogP contribution in [0.5, 0.6) is 0 Å². The van der Waals surface area contributed by atoms with Gasteiger partial charge in [0.25, 0.3) is 0 Å². The van der Waals surface area contributed by atoms with E-state index in [9.17, 15) is 9.18 Å².